The third-order valence-corrected chi connectivity index (χ3v) is 7.64. The molecule has 164 valence electrons. The van der Waals surface area contributed by atoms with Crippen molar-refractivity contribution in [1.82, 2.24) is 0 Å². The van der Waals surface area contributed by atoms with Crippen molar-refractivity contribution >= 4 is 0 Å². The lowest BCUT2D eigenvalue weighted by Gasteiger charge is -2.30. The molecule has 4 nitrogen and oxygen atoms in total. The van der Waals surface area contributed by atoms with E-state index >= 15 is 0 Å². The van der Waals surface area contributed by atoms with E-state index in [2.05, 4.69) is 64.1 Å². The Morgan fingerprint density at radius 1 is 0.710 bits per heavy atom. The first-order valence-electron chi connectivity index (χ1n) is 11.6. The minimum atomic E-state index is -0.0113. The fourth-order valence-corrected chi connectivity index (χ4v) is 6.19. The molecular formula is C27H32O4. The molecule has 0 radical (unpaired) electrons. The van der Waals surface area contributed by atoms with Crippen molar-refractivity contribution in [3.8, 4) is 11.5 Å². The zero-order valence-corrected chi connectivity index (χ0v) is 19.0. The van der Waals surface area contributed by atoms with Gasteiger partial charge in [-0.15, -0.1) is 0 Å². The van der Waals surface area contributed by atoms with E-state index in [4.69, 9.17) is 18.9 Å². The van der Waals surface area contributed by atoms with Crippen molar-refractivity contribution in [2.75, 3.05) is 26.4 Å². The average molecular weight is 421 g/mol. The highest BCUT2D eigenvalue weighted by Crippen LogP contribution is 2.63. The Hall–Kier alpha value is -2.04. The fourth-order valence-electron chi connectivity index (χ4n) is 6.19. The van der Waals surface area contributed by atoms with Crippen LogP contribution >= 0.6 is 0 Å². The average Bonchev–Trinajstić information content (AvgIpc) is 3.64. The number of benzene rings is 2. The van der Waals surface area contributed by atoms with Crippen LogP contribution in [0.4, 0.5) is 0 Å². The van der Waals surface area contributed by atoms with E-state index in [0.717, 1.165) is 37.6 Å². The van der Waals surface area contributed by atoms with Gasteiger partial charge >= 0.3 is 0 Å². The van der Waals surface area contributed by atoms with Crippen LogP contribution in [-0.4, -0.2) is 38.6 Å². The molecule has 2 aromatic rings. The summed E-state index contributed by atoms with van der Waals surface area (Å²) in [6.45, 7) is 12.4. The van der Waals surface area contributed by atoms with Gasteiger partial charge in [0.2, 0.25) is 0 Å². The monoisotopic (exact) mass is 420 g/mol. The Morgan fingerprint density at radius 2 is 1.13 bits per heavy atom. The summed E-state index contributed by atoms with van der Waals surface area (Å²) >= 11 is 0. The number of fused-ring (bicyclic) bond motifs is 4. The summed E-state index contributed by atoms with van der Waals surface area (Å²) in [4.78, 5) is 0. The van der Waals surface area contributed by atoms with Gasteiger partial charge in [-0.25, -0.2) is 0 Å². The Balaban J connectivity index is 1.43. The Bertz CT molecular complexity index is 946. The lowest BCUT2D eigenvalue weighted by atomic mass is 9.72. The van der Waals surface area contributed by atoms with Gasteiger partial charge in [-0.1, -0.05) is 39.8 Å². The quantitative estimate of drug-likeness (QED) is 0.624. The van der Waals surface area contributed by atoms with Crippen molar-refractivity contribution in [2.45, 2.75) is 69.0 Å². The van der Waals surface area contributed by atoms with Gasteiger partial charge in [0, 0.05) is 5.41 Å². The van der Waals surface area contributed by atoms with Gasteiger partial charge < -0.3 is 18.9 Å². The Kier molecular flexibility index (Phi) is 4.11. The largest absolute Gasteiger partial charge is 0.491 e. The molecule has 2 heterocycles. The second-order valence-corrected chi connectivity index (χ2v) is 11.2. The standard InChI is InChI=1S/C27H32O4/c1-25(2)15-27(23-9-17(5-7-21(23)25)28-11-19-13-30-19)16-26(3,4)22-8-6-18(10-24(22)27)29-12-20-14-31-20/h5-10,19-20H,11-16H2,1-4H3. The number of epoxide rings is 2. The zero-order chi connectivity index (χ0) is 21.4. The summed E-state index contributed by atoms with van der Waals surface area (Å²) in [5.74, 6) is 1.91. The Morgan fingerprint density at radius 3 is 1.52 bits per heavy atom. The predicted octanol–water partition coefficient (Wildman–Crippen LogP) is 4.89. The van der Waals surface area contributed by atoms with Crippen LogP contribution in [0.25, 0.3) is 0 Å². The first kappa shape index (κ1) is 19.6. The summed E-state index contributed by atoms with van der Waals surface area (Å²) in [7, 11) is 0. The highest BCUT2D eigenvalue weighted by Gasteiger charge is 2.56. The van der Waals surface area contributed by atoms with Crippen molar-refractivity contribution in [2.24, 2.45) is 0 Å². The van der Waals surface area contributed by atoms with Crippen LogP contribution in [0.1, 0.15) is 62.8 Å². The molecule has 4 heteroatoms. The fraction of sp³-hybridized carbons (Fsp3) is 0.556. The molecule has 2 unspecified atom stereocenters. The van der Waals surface area contributed by atoms with Gasteiger partial charge in [0.25, 0.3) is 0 Å². The minimum absolute atomic E-state index is 0.0113. The van der Waals surface area contributed by atoms with Crippen molar-refractivity contribution in [3.63, 3.8) is 0 Å². The summed E-state index contributed by atoms with van der Waals surface area (Å²) in [5.41, 5.74) is 5.98. The molecule has 1 spiro atoms. The van der Waals surface area contributed by atoms with E-state index < -0.39 is 0 Å². The summed E-state index contributed by atoms with van der Waals surface area (Å²) in [5, 5.41) is 0. The van der Waals surface area contributed by atoms with E-state index in [1.807, 2.05) is 0 Å². The second-order valence-electron chi connectivity index (χ2n) is 11.2. The molecule has 2 fully saturated rings. The molecule has 0 aromatic heterocycles. The molecule has 6 rings (SSSR count). The summed E-state index contributed by atoms with van der Waals surface area (Å²) in [6.07, 6.45) is 2.74. The van der Waals surface area contributed by atoms with Crippen LogP contribution in [0.15, 0.2) is 36.4 Å². The van der Waals surface area contributed by atoms with Crippen LogP contribution in [-0.2, 0) is 25.7 Å². The lowest BCUT2D eigenvalue weighted by molar-refractivity contribution is 0.262. The van der Waals surface area contributed by atoms with E-state index in [9.17, 15) is 0 Å². The highest BCUT2D eigenvalue weighted by molar-refractivity contribution is 5.61. The molecule has 2 saturated heterocycles. The number of hydrogen-bond acceptors (Lipinski definition) is 4. The minimum Gasteiger partial charge on any atom is -0.491 e. The maximum absolute atomic E-state index is 6.10. The van der Waals surface area contributed by atoms with E-state index in [1.54, 1.807) is 0 Å². The molecule has 0 amide bonds. The molecule has 2 aliphatic heterocycles. The maximum Gasteiger partial charge on any atom is 0.119 e. The molecule has 2 atom stereocenters. The molecular weight excluding hydrogens is 388 g/mol. The molecule has 2 aliphatic carbocycles. The molecule has 2 aromatic carbocycles. The summed E-state index contributed by atoms with van der Waals surface area (Å²) in [6, 6.07) is 13.5. The summed E-state index contributed by atoms with van der Waals surface area (Å²) < 4.78 is 22.9. The van der Waals surface area contributed by atoms with Gasteiger partial charge in [0.1, 0.15) is 36.9 Å². The third kappa shape index (κ3) is 3.27. The van der Waals surface area contributed by atoms with Crippen molar-refractivity contribution in [3.05, 3.63) is 58.7 Å². The highest BCUT2D eigenvalue weighted by atomic mass is 16.6. The normalized spacial score (nSPS) is 30.7. The number of ether oxygens (including phenoxy) is 4. The van der Waals surface area contributed by atoms with E-state index in [-0.39, 0.29) is 28.5 Å². The predicted molar refractivity (Wildman–Crippen MR) is 119 cm³/mol. The van der Waals surface area contributed by atoms with Gasteiger partial charge in [0.05, 0.1) is 13.2 Å². The lowest BCUT2D eigenvalue weighted by Crippen LogP contribution is -2.27. The molecule has 0 N–H and O–H groups in total. The van der Waals surface area contributed by atoms with Crippen molar-refractivity contribution < 1.29 is 18.9 Å². The molecule has 0 saturated carbocycles. The van der Waals surface area contributed by atoms with Gasteiger partial charge in [0.15, 0.2) is 0 Å². The smallest absolute Gasteiger partial charge is 0.119 e. The zero-order valence-electron chi connectivity index (χ0n) is 19.0. The van der Waals surface area contributed by atoms with Crippen LogP contribution < -0.4 is 9.47 Å². The SMILES string of the molecule is CC1(C)CC2(CC(C)(C)c3ccc(OCC4CO4)cc32)c2cc(OCC3CO3)ccc21. The molecule has 0 bridgehead atoms. The van der Waals surface area contributed by atoms with Gasteiger partial charge in [-0.05, 0) is 70.2 Å². The van der Waals surface area contributed by atoms with Gasteiger partial charge in [-0.2, -0.15) is 0 Å². The Labute approximate surface area is 184 Å². The molecule has 4 aliphatic rings. The van der Waals surface area contributed by atoms with Crippen molar-refractivity contribution in [1.29, 1.82) is 0 Å². The first-order chi connectivity index (χ1) is 14.8. The van der Waals surface area contributed by atoms with Crippen LogP contribution in [0.2, 0.25) is 0 Å². The number of hydrogen-bond donors (Lipinski definition) is 0. The van der Waals surface area contributed by atoms with E-state index in [0.29, 0.717) is 13.2 Å². The molecule has 31 heavy (non-hydrogen) atoms. The van der Waals surface area contributed by atoms with Crippen LogP contribution in [0.5, 0.6) is 11.5 Å². The van der Waals surface area contributed by atoms with E-state index in [1.165, 1.54) is 22.3 Å². The van der Waals surface area contributed by atoms with Gasteiger partial charge in [-0.3, -0.25) is 0 Å². The maximum atomic E-state index is 6.10. The third-order valence-electron chi connectivity index (χ3n) is 7.64. The van der Waals surface area contributed by atoms with Crippen LogP contribution in [0.3, 0.4) is 0 Å². The topological polar surface area (TPSA) is 43.5 Å². The number of rotatable bonds is 6. The first-order valence-corrected chi connectivity index (χ1v) is 11.6. The second kappa shape index (κ2) is 6.49. The van der Waals surface area contributed by atoms with Crippen LogP contribution in [0, 0.1) is 0 Å².